The molecule has 25 heavy (non-hydrogen) atoms. The Morgan fingerprint density at radius 2 is 2.08 bits per heavy atom. The van der Waals surface area contributed by atoms with Crippen molar-refractivity contribution < 1.29 is 24.4 Å². The van der Waals surface area contributed by atoms with Crippen LogP contribution in [0.1, 0.15) is 6.42 Å². The van der Waals surface area contributed by atoms with Gasteiger partial charge >= 0.3 is 0 Å². The number of methoxy groups -OCH3 is 1. The van der Waals surface area contributed by atoms with Crippen molar-refractivity contribution >= 4 is 11.6 Å². The highest BCUT2D eigenvalue weighted by atomic mass is 35.5. The van der Waals surface area contributed by atoms with E-state index in [1.54, 1.807) is 37.8 Å². The Morgan fingerprint density at radius 3 is 2.76 bits per heavy atom. The third kappa shape index (κ3) is 4.24. The average Bonchev–Trinajstić information content (AvgIpc) is 3.22. The lowest BCUT2D eigenvalue weighted by Gasteiger charge is -2.16. The van der Waals surface area contributed by atoms with Crippen molar-refractivity contribution in [3.63, 3.8) is 0 Å². The summed E-state index contributed by atoms with van der Waals surface area (Å²) in [5.41, 5.74) is 0. The Balaban J connectivity index is 1.54. The monoisotopic (exact) mass is 368 g/mol. The number of halogens is 1. The molecule has 0 radical (unpaired) electrons. The second-order valence-corrected chi connectivity index (χ2v) is 6.30. The number of aliphatic hydroxyl groups is 2. The Kier molecular flexibility index (Phi) is 5.80. The predicted octanol–water partition coefficient (Wildman–Crippen LogP) is 1.50. The fraction of sp³-hybridized carbons (Fsp3) is 0.471. The second kappa shape index (κ2) is 8.05. The van der Waals surface area contributed by atoms with Gasteiger partial charge in [0.05, 0.1) is 24.6 Å². The maximum Gasteiger partial charge on any atom is 0.138 e. The minimum Gasteiger partial charge on any atom is -0.497 e. The highest BCUT2D eigenvalue weighted by Gasteiger charge is 2.42. The van der Waals surface area contributed by atoms with Crippen LogP contribution in [-0.2, 0) is 11.3 Å². The van der Waals surface area contributed by atoms with Gasteiger partial charge in [0, 0.05) is 25.0 Å². The molecule has 8 heteroatoms. The van der Waals surface area contributed by atoms with Gasteiger partial charge in [-0.15, -0.1) is 0 Å². The molecule has 0 aliphatic carbocycles. The van der Waals surface area contributed by atoms with E-state index in [4.69, 9.17) is 25.8 Å². The second-order valence-electron chi connectivity index (χ2n) is 5.89. The van der Waals surface area contributed by atoms with Crippen molar-refractivity contribution in [3.05, 3.63) is 41.9 Å². The third-order valence-corrected chi connectivity index (χ3v) is 4.53. The normalized spacial score (nSPS) is 25.9. The fourth-order valence-corrected chi connectivity index (χ4v) is 3.02. The largest absolute Gasteiger partial charge is 0.497 e. The van der Waals surface area contributed by atoms with Crippen molar-refractivity contribution in [2.75, 3.05) is 13.7 Å². The molecule has 1 aliphatic rings. The lowest BCUT2D eigenvalue weighted by Crippen LogP contribution is -2.35. The smallest absolute Gasteiger partial charge is 0.138 e. The van der Waals surface area contributed by atoms with Gasteiger partial charge in [-0.2, -0.15) is 0 Å². The Bertz CT molecular complexity index is 682. The van der Waals surface area contributed by atoms with E-state index in [9.17, 15) is 10.2 Å². The Morgan fingerprint density at radius 1 is 1.28 bits per heavy atom. The van der Waals surface area contributed by atoms with E-state index in [-0.39, 0.29) is 6.61 Å². The maximum absolute atomic E-state index is 10.2. The van der Waals surface area contributed by atoms with Crippen LogP contribution in [0.4, 0.5) is 0 Å². The molecule has 1 saturated heterocycles. The van der Waals surface area contributed by atoms with E-state index < -0.39 is 24.4 Å². The number of nitrogens with zero attached hydrogens (tertiary/aromatic N) is 2. The fourth-order valence-electron chi connectivity index (χ4n) is 2.79. The van der Waals surface area contributed by atoms with Crippen molar-refractivity contribution in [2.45, 2.75) is 37.4 Å². The van der Waals surface area contributed by atoms with E-state index in [1.165, 1.54) is 0 Å². The quantitative estimate of drug-likeness (QED) is 0.770. The molecule has 2 heterocycles. The number of aromatic nitrogens is 2. The number of aliphatic hydroxyl groups excluding tert-OH is 2. The first-order valence-electron chi connectivity index (χ1n) is 8.02. The molecule has 1 fully saturated rings. The lowest BCUT2D eigenvalue weighted by molar-refractivity contribution is -0.0195. The van der Waals surface area contributed by atoms with Crippen LogP contribution in [-0.4, -0.2) is 57.9 Å². The average molecular weight is 369 g/mol. The summed E-state index contributed by atoms with van der Waals surface area (Å²) in [6, 6.07) is 5.07. The van der Waals surface area contributed by atoms with Gasteiger partial charge in [0.1, 0.15) is 36.4 Å². The molecule has 4 atom stereocenters. The van der Waals surface area contributed by atoms with Crippen molar-refractivity contribution in [3.8, 4) is 11.5 Å². The Hall–Kier alpha value is -1.80. The molecule has 2 aromatic rings. The molecule has 1 aromatic carbocycles. The summed E-state index contributed by atoms with van der Waals surface area (Å²) < 4.78 is 18.4. The molecule has 3 rings (SSSR count). The summed E-state index contributed by atoms with van der Waals surface area (Å²) >= 11 is 6.13. The SMILES string of the molecule is COc1ccc(OC[C@H]2O[C@H](CCn3ccnc3)[C@@H](O)[C@H]2O)c(Cl)c1. The summed E-state index contributed by atoms with van der Waals surface area (Å²) in [5, 5.41) is 20.8. The number of aryl methyl sites for hydroxylation is 1. The van der Waals surface area contributed by atoms with Gasteiger partial charge in [-0.3, -0.25) is 0 Å². The van der Waals surface area contributed by atoms with Crippen LogP contribution in [0.3, 0.4) is 0 Å². The number of benzene rings is 1. The summed E-state index contributed by atoms with van der Waals surface area (Å²) in [4.78, 5) is 3.97. The standard InChI is InChI=1S/C17H21ClN2O5/c1-23-11-2-3-13(12(18)8-11)24-9-15-17(22)16(21)14(25-15)4-6-20-7-5-19-10-20/h2-3,5,7-8,10,14-17,21-22H,4,6,9H2,1H3/t14-,15-,16-,17+/m1/s1. The molecule has 0 saturated carbocycles. The van der Waals surface area contributed by atoms with E-state index in [0.717, 1.165) is 0 Å². The van der Waals surface area contributed by atoms with Crippen LogP contribution in [0.15, 0.2) is 36.9 Å². The molecule has 0 bridgehead atoms. The van der Waals surface area contributed by atoms with Crippen LogP contribution in [0.25, 0.3) is 0 Å². The van der Waals surface area contributed by atoms with E-state index in [0.29, 0.717) is 29.5 Å². The molecule has 0 unspecified atom stereocenters. The van der Waals surface area contributed by atoms with Gasteiger partial charge in [0.2, 0.25) is 0 Å². The van der Waals surface area contributed by atoms with E-state index in [2.05, 4.69) is 4.98 Å². The van der Waals surface area contributed by atoms with Crippen molar-refractivity contribution in [1.29, 1.82) is 0 Å². The topological polar surface area (TPSA) is 86.0 Å². The van der Waals surface area contributed by atoms with Gasteiger partial charge in [-0.1, -0.05) is 11.6 Å². The zero-order valence-corrected chi connectivity index (χ0v) is 14.5. The molecule has 0 spiro atoms. The van der Waals surface area contributed by atoms with Gasteiger partial charge in [0.15, 0.2) is 0 Å². The molecular formula is C17H21ClN2O5. The maximum atomic E-state index is 10.2. The van der Waals surface area contributed by atoms with E-state index in [1.807, 2.05) is 10.8 Å². The molecule has 1 aromatic heterocycles. The van der Waals surface area contributed by atoms with Gasteiger partial charge in [-0.25, -0.2) is 4.98 Å². The molecule has 0 amide bonds. The summed E-state index contributed by atoms with van der Waals surface area (Å²) in [6.07, 6.45) is 2.74. The van der Waals surface area contributed by atoms with Gasteiger partial charge < -0.3 is 29.0 Å². The highest BCUT2D eigenvalue weighted by molar-refractivity contribution is 6.32. The zero-order chi connectivity index (χ0) is 17.8. The molecule has 1 aliphatic heterocycles. The zero-order valence-electron chi connectivity index (χ0n) is 13.8. The Labute approximate surface area is 150 Å². The third-order valence-electron chi connectivity index (χ3n) is 4.23. The van der Waals surface area contributed by atoms with Crippen LogP contribution < -0.4 is 9.47 Å². The van der Waals surface area contributed by atoms with Crippen molar-refractivity contribution in [2.24, 2.45) is 0 Å². The van der Waals surface area contributed by atoms with Crippen LogP contribution >= 0.6 is 11.6 Å². The number of hydrogen-bond donors (Lipinski definition) is 2. The first-order valence-corrected chi connectivity index (χ1v) is 8.40. The summed E-state index contributed by atoms with van der Waals surface area (Å²) in [7, 11) is 1.56. The number of rotatable bonds is 7. The van der Waals surface area contributed by atoms with Crippen LogP contribution in [0.2, 0.25) is 5.02 Å². The van der Waals surface area contributed by atoms with Crippen LogP contribution in [0.5, 0.6) is 11.5 Å². The summed E-state index contributed by atoms with van der Waals surface area (Å²) in [6.45, 7) is 0.734. The van der Waals surface area contributed by atoms with Gasteiger partial charge in [0.25, 0.3) is 0 Å². The van der Waals surface area contributed by atoms with Crippen molar-refractivity contribution in [1.82, 2.24) is 9.55 Å². The number of ether oxygens (including phenoxy) is 3. The predicted molar refractivity (Wildman–Crippen MR) is 91.0 cm³/mol. The summed E-state index contributed by atoms with van der Waals surface area (Å²) in [5.74, 6) is 1.10. The van der Waals surface area contributed by atoms with Crippen LogP contribution in [0, 0.1) is 0 Å². The van der Waals surface area contributed by atoms with Gasteiger partial charge in [-0.05, 0) is 18.6 Å². The van der Waals surface area contributed by atoms with E-state index >= 15 is 0 Å². The molecule has 7 nitrogen and oxygen atoms in total. The molecule has 2 N–H and O–H groups in total. The minimum atomic E-state index is -1.01. The number of imidazole rings is 1. The molecule has 136 valence electrons. The first kappa shape index (κ1) is 18.0. The minimum absolute atomic E-state index is 0.0891. The molecular weight excluding hydrogens is 348 g/mol. The first-order chi connectivity index (χ1) is 12.1. The number of hydrogen-bond acceptors (Lipinski definition) is 6. The lowest BCUT2D eigenvalue weighted by atomic mass is 10.1. The highest BCUT2D eigenvalue weighted by Crippen LogP contribution is 2.30.